The fraction of sp³-hybridized carbons (Fsp3) is 0.294. The summed E-state index contributed by atoms with van der Waals surface area (Å²) in [6, 6.07) is 12.5. The van der Waals surface area contributed by atoms with E-state index in [0.29, 0.717) is 12.3 Å². The molecule has 3 N–H and O–H groups in total. The molecule has 0 fully saturated rings. The van der Waals surface area contributed by atoms with Gasteiger partial charge in [-0.15, -0.1) is 24.0 Å². The Bertz CT molecular complexity index is 717. The van der Waals surface area contributed by atoms with Gasteiger partial charge in [0.15, 0.2) is 12.6 Å². The molecule has 9 heteroatoms. The van der Waals surface area contributed by atoms with Crippen molar-refractivity contribution in [2.45, 2.75) is 19.6 Å². The van der Waals surface area contributed by atoms with Gasteiger partial charge in [-0.05, 0) is 12.1 Å². The lowest BCUT2D eigenvalue weighted by atomic mass is 10.2. The molecule has 0 saturated heterocycles. The number of pyridine rings is 1. The molecule has 0 aliphatic rings. The topological polar surface area (TPSA) is 81.8 Å². The van der Waals surface area contributed by atoms with Gasteiger partial charge in [-0.3, -0.25) is 0 Å². The van der Waals surface area contributed by atoms with E-state index in [1.807, 2.05) is 24.3 Å². The van der Waals surface area contributed by atoms with E-state index in [-0.39, 0.29) is 42.4 Å². The highest BCUT2D eigenvalue weighted by molar-refractivity contribution is 14.0. The predicted octanol–water partition coefficient (Wildman–Crippen LogP) is 3.42. The predicted molar refractivity (Wildman–Crippen MR) is 107 cm³/mol. The summed E-state index contributed by atoms with van der Waals surface area (Å²) in [6.45, 7) is -0.0572. The lowest BCUT2D eigenvalue weighted by molar-refractivity contribution is 0.0795. The summed E-state index contributed by atoms with van der Waals surface area (Å²) in [6.07, 6.45) is -2.55. The van der Waals surface area contributed by atoms with Crippen molar-refractivity contribution in [2.24, 2.45) is 10.7 Å². The van der Waals surface area contributed by atoms with Crippen LogP contribution in [0.1, 0.15) is 11.3 Å². The van der Waals surface area contributed by atoms with E-state index in [1.165, 1.54) is 6.07 Å². The normalized spacial score (nSPS) is 11.2. The lowest BCUT2D eigenvalue weighted by Crippen LogP contribution is -2.23. The maximum Gasteiger partial charge on any atom is 0.272 e. The SMILES string of the molecule is COCc1ccccc1NC(N)=NCc1cccc(OCC(F)F)n1.I. The molecular formula is C17H21F2IN4O2. The molecule has 2 rings (SSSR count). The highest BCUT2D eigenvalue weighted by atomic mass is 127. The van der Waals surface area contributed by atoms with Crippen LogP contribution in [0.25, 0.3) is 0 Å². The van der Waals surface area contributed by atoms with Gasteiger partial charge in [0.2, 0.25) is 5.88 Å². The van der Waals surface area contributed by atoms with Crippen LogP contribution in [0.4, 0.5) is 14.5 Å². The number of ether oxygens (including phenoxy) is 2. The molecule has 1 aromatic carbocycles. The van der Waals surface area contributed by atoms with Gasteiger partial charge in [0.1, 0.15) is 0 Å². The Morgan fingerprint density at radius 1 is 1.23 bits per heavy atom. The molecule has 0 amide bonds. The Morgan fingerprint density at radius 3 is 2.73 bits per heavy atom. The first-order valence-electron chi connectivity index (χ1n) is 7.59. The van der Waals surface area contributed by atoms with Crippen LogP contribution in [0.3, 0.4) is 0 Å². The molecular weight excluding hydrogens is 457 g/mol. The van der Waals surface area contributed by atoms with Gasteiger partial charge in [-0.2, -0.15) is 0 Å². The Kier molecular flexibility index (Phi) is 9.81. The summed E-state index contributed by atoms with van der Waals surface area (Å²) in [7, 11) is 1.61. The molecule has 6 nitrogen and oxygen atoms in total. The number of nitrogens with one attached hydrogen (secondary N) is 1. The third kappa shape index (κ3) is 7.48. The number of anilines is 1. The summed E-state index contributed by atoms with van der Waals surface area (Å²) < 4.78 is 34.3. The highest BCUT2D eigenvalue weighted by Gasteiger charge is 2.06. The smallest absolute Gasteiger partial charge is 0.272 e. The Labute approximate surface area is 167 Å². The van der Waals surface area contributed by atoms with Crippen LogP contribution >= 0.6 is 24.0 Å². The zero-order chi connectivity index (χ0) is 18.1. The van der Waals surface area contributed by atoms with Crippen LogP contribution in [0, 0.1) is 0 Å². The van der Waals surface area contributed by atoms with Crippen molar-refractivity contribution in [1.82, 2.24) is 4.98 Å². The second-order valence-electron chi connectivity index (χ2n) is 5.09. The molecule has 0 aliphatic carbocycles. The molecule has 0 spiro atoms. The van der Waals surface area contributed by atoms with Gasteiger partial charge in [-0.1, -0.05) is 24.3 Å². The Hall–Kier alpha value is -2.01. The maximum absolute atomic E-state index is 12.2. The number of hydrogen-bond donors (Lipinski definition) is 2. The third-order valence-corrected chi connectivity index (χ3v) is 3.13. The van der Waals surface area contributed by atoms with Crippen molar-refractivity contribution < 1.29 is 18.3 Å². The minimum absolute atomic E-state index is 0. The van der Waals surface area contributed by atoms with Crippen LogP contribution in [0.2, 0.25) is 0 Å². The fourth-order valence-electron chi connectivity index (χ4n) is 2.04. The van der Waals surface area contributed by atoms with Crippen LogP contribution in [-0.4, -0.2) is 31.1 Å². The van der Waals surface area contributed by atoms with Crippen LogP contribution in [-0.2, 0) is 17.9 Å². The number of hydrogen-bond acceptors (Lipinski definition) is 4. The lowest BCUT2D eigenvalue weighted by Gasteiger charge is -2.11. The van der Waals surface area contributed by atoms with Crippen molar-refractivity contribution >= 4 is 35.6 Å². The van der Waals surface area contributed by atoms with Gasteiger partial charge in [-0.25, -0.2) is 18.8 Å². The van der Waals surface area contributed by atoms with Gasteiger partial charge in [0.25, 0.3) is 6.43 Å². The standard InChI is InChI=1S/C17H20F2N4O2.HI/c1-24-10-12-5-2-3-7-14(12)23-17(20)21-9-13-6-4-8-16(22-13)25-11-15(18)19;/h2-8,15H,9-11H2,1H3,(H3,20,21,23);1H. The zero-order valence-electron chi connectivity index (χ0n) is 14.2. The van der Waals surface area contributed by atoms with Gasteiger partial charge < -0.3 is 20.5 Å². The summed E-state index contributed by atoms with van der Waals surface area (Å²) in [5, 5.41) is 3.01. The summed E-state index contributed by atoms with van der Waals surface area (Å²) in [5.41, 5.74) is 8.20. The molecule has 0 radical (unpaired) electrons. The van der Waals surface area contributed by atoms with Crippen molar-refractivity contribution in [3.63, 3.8) is 0 Å². The number of halogens is 3. The van der Waals surface area contributed by atoms with Crippen molar-refractivity contribution in [2.75, 3.05) is 19.0 Å². The Balaban J connectivity index is 0.00000338. The average Bonchev–Trinajstić information content (AvgIpc) is 2.60. The molecule has 1 aromatic heterocycles. The summed E-state index contributed by atoms with van der Waals surface area (Å²) in [4.78, 5) is 8.31. The molecule has 2 aromatic rings. The van der Waals surface area contributed by atoms with Crippen LogP contribution < -0.4 is 15.8 Å². The number of alkyl halides is 2. The molecule has 0 bridgehead atoms. The van der Waals surface area contributed by atoms with E-state index in [1.54, 1.807) is 19.2 Å². The first-order valence-corrected chi connectivity index (χ1v) is 7.59. The molecule has 0 atom stereocenters. The zero-order valence-corrected chi connectivity index (χ0v) is 16.5. The van der Waals surface area contributed by atoms with E-state index in [9.17, 15) is 8.78 Å². The Morgan fingerprint density at radius 2 is 2.00 bits per heavy atom. The maximum atomic E-state index is 12.2. The fourth-order valence-corrected chi connectivity index (χ4v) is 2.04. The number of rotatable bonds is 8. The first kappa shape index (κ1) is 22.0. The number of nitrogens with two attached hydrogens (primary N) is 1. The van der Waals surface area contributed by atoms with E-state index in [2.05, 4.69) is 15.3 Å². The van der Waals surface area contributed by atoms with Crippen molar-refractivity contribution in [3.8, 4) is 5.88 Å². The average molecular weight is 478 g/mol. The van der Waals surface area contributed by atoms with Gasteiger partial charge in [0, 0.05) is 24.4 Å². The number of benzene rings is 1. The number of aliphatic imine (C=N–C) groups is 1. The van der Waals surface area contributed by atoms with E-state index in [0.717, 1.165) is 11.3 Å². The van der Waals surface area contributed by atoms with E-state index >= 15 is 0 Å². The molecule has 26 heavy (non-hydrogen) atoms. The molecule has 1 heterocycles. The minimum atomic E-state index is -2.55. The number of aromatic nitrogens is 1. The van der Waals surface area contributed by atoms with Gasteiger partial charge in [0.05, 0.1) is 18.8 Å². The second kappa shape index (κ2) is 11.6. The molecule has 0 unspecified atom stereocenters. The quantitative estimate of drug-likeness (QED) is 0.345. The number of para-hydroxylation sites is 1. The highest BCUT2D eigenvalue weighted by Crippen LogP contribution is 2.15. The van der Waals surface area contributed by atoms with Gasteiger partial charge >= 0.3 is 0 Å². The van der Waals surface area contributed by atoms with E-state index < -0.39 is 13.0 Å². The summed E-state index contributed by atoms with van der Waals surface area (Å²) in [5.74, 6) is 0.342. The second-order valence-corrected chi connectivity index (χ2v) is 5.09. The van der Waals surface area contributed by atoms with E-state index in [4.69, 9.17) is 15.2 Å². The number of methoxy groups -OCH3 is 1. The molecule has 0 saturated carbocycles. The number of guanidine groups is 1. The number of nitrogens with zero attached hydrogens (tertiary/aromatic N) is 2. The monoisotopic (exact) mass is 478 g/mol. The van der Waals surface area contributed by atoms with Crippen LogP contribution in [0.15, 0.2) is 47.5 Å². The first-order chi connectivity index (χ1) is 12.1. The minimum Gasteiger partial charge on any atom is -0.472 e. The van der Waals surface area contributed by atoms with Crippen LogP contribution in [0.5, 0.6) is 5.88 Å². The third-order valence-electron chi connectivity index (χ3n) is 3.13. The molecule has 142 valence electrons. The largest absolute Gasteiger partial charge is 0.472 e. The van der Waals surface area contributed by atoms with Crippen molar-refractivity contribution in [1.29, 1.82) is 0 Å². The summed E-state index contributed by atoms with van der Waals surface area (Å²) >= 11 is 0. The molecule has 0 aliphatic heterocycles. The van der Waals surface area contributed by atoms with Crippen molar-refractivity contribution in [3.05, 3.63) is 53.7 Å².